The van der Waals surface area contributed by atoms with E-state index in [1.54, 1.807) is 18.2 Å². The van der Waals surface area contributed by atoms with Crippen LogP contribution >= 0.6 is 15.9 Å². The van der Waals surface area contributed by atoms with E-state index in [1.807, 2.05) is 6.92 Å². The van der Waals surface area contributed by atoms with Gasteiger partial charge in [0.2, 0.25) is 0 Å². The van der Waals surface area contributed by atoms with Crippen molar-refractivity contribution in [3.8, 4) is 0 Å². The zero-order chi connectivity index (χ0) is 15.5. The Bertz CT molecular complexity index is 581. The quantitative estimate of drug-likeness (QED) is 0.814. The first kappa shape index (κ1) is 16.1. The molecule has 0 amide bonds. The van der Waals surface area contributed by atoms with Crippen LogP contribution in [0.4, 0.5) is 13.2 Å². The van der Waals surface area contributed by atoms with Crippen LogP contribution in [0, 0.1) is 0 Å². The number of alkyl halides is 3. The van der Waals surface area contributed by atoms with Gasteiger partial charge in [0.1, 0.15) is 5.76 Å². The van der Waals surface area contributed by atoms with Crippen LogP contribution in [-0.4, -0.2) is 6.54 Å². The van der Waals surface area contributed by atoms with Crippen LogP contribution in [0.2, 0.25) is 0 Å². The zero-order valence-electron chi connectivity index (χ0n) is 11.4. The summed E-state index contributed by atoms with van der Waals surface area (Å²) in [5.41, 5.74) is -0.404. The lowest BCUT2D eigenvalue weighted by Crippen LogP contribution is -2.25. The summed E-state index contributed by atoms with van der Waals surface area (Å²) in [6.45, 7) is 2.43. The molecular formula is C15H15BrF3NO. The fourth-order valence-corrected chi connectivity index (χ4v) is 2.61. The lowest BCUT2D eigenvalue weighted by atomic mass is 9.96. The van der Waals surface area contributed by atoms with Crippen LogP contribution in [-0.2, 0) is 12.6 Å². The second-order valence-corrected chi connectivity index (χ2v) is 5.54. The molecule has 0 fully saturated rings. The van der Waals surface area contributed by atoms with E-state index in [4.69, 9.17) is 4.42 Å². The predicted octanol–water partition coefficient (Wildman–Crippen LogP) is 4.95. The highest BCUT2D eigenvalue weighted by atomic mass is 79.9. The molecule has 114 valence electrons. The van der Waals surface area contributed by atoms with E-state index in [-0.39, 0.29) is 5.56 Å². The van der Waals surface area contributed by atoms with E-state index in [0.29, 0.717) is 23.2 Å². The van der Waals surface area contributed by atoms with Gasteiger partial charge in [-0.05, 0) is 36.4 Å². The highest BCUT2D eigenvalue weighted by molar-refractivity contribution is 9.10. The maximum Gasteiger partial charge on any atom is 0.416 e. The van der Waals surface area contributed by atoms with E-state index in [2.05, 4.69) is 21.2 Å². The molecule has 0 saturated carbocycles. The summed E-state index contributed by atoms with van der Waals surface area (Å²) >= 11 is 3.10. The highest BCUT2D eigenvalue weighted by Gasteiger charge is 2.35. The summed E-state index contributed by atoms with van der Waals surface area (Å²) in [7, 11) is 0. The molecule has 0 bridgehead atoms. The average Bonchev–Trinajstić information content (AvgIpc) is 2.90. The van der Waals surface area contributed by atoms with Crippen LogP contribution < -0.4 is 5.32 Å². The van der Waals surface area contributed by atoms with Crippen molar-refractivity contribution < 1.29 is 17.6 Å². The first-order chi connectivity index (χ1) is 9.91. The Labute approximate surface area is 129 Å². The standard InChI is InChI=1S/C15H15BrF3NO/c1-2-20-14(9-11-4-3-7-21-11)12-6-5-10(16)8-13(12)15(17,18)19/h3-8,14,20H,2,9H2,1H3. The van der Waals surface area contributed by atoms with Gasteiger partial charge in [0.15, 0.2) is 0 Å². The number of furan rings is 1. The molecule has 1 aromatic carbocycles. The van der Waals surface area contributed by atoms with E-state index >= 15 is 0 Å². The number of benzene rings is 1. The molecule has 1 N–H and O–H groups in total. The van der Waals surface area contributed by atoms with Crippen LogP contribution in [0.15, 0.2) is 45.5 Å². The SMILES string of the molecule is CCNC(Cc1ccco1)c1ccc(Br)cc1C(F)(F)F. The van der Waals surface area contributed by atoms with Crippen LogP contribution in [0.25, 0.3) is 0 Å². The van der Waals surface area contributed by atoms with Crippen molar-refractivity contribution in [2.75, 3.05) is 6.54 Å². The molecule has 2 rings (SSSR count). The average molecular weight is 362 g/mol. The number of nitrogens with one attached hydrogen (secondary N) is 1. The Kier molecular flexibility index (Phi) is 5.11. The van der Waals surface area contributed by atoms with Crippen molar-refractivity contribution in [2.24, 2.45) is 0 Å². The summed E-state index contributed by atoms with van der Waals surface area (Å²) in [4.78, 5) is 0. The molecule has 1 unspecified atom stereocenters. The molecule has 1 heterocycles. The highest BCUT2D eigenvalue weighted by Crippen LogP contribution is 2.37. The van der Waals surface area contributed by atoms with Gasteiger partial charge in [-0.3, -0.25) is 0 Å². The molecule has 0 aliphatic carbocycles. The van der Waals surface area contributed by atoms with Gasteiger partial charge in [0, 0.05) is 16.9 Å². The maximum atomic E-state index is 13.2. The lowest BCUT2D eigenvalue weighted by Gasteiger charge is -2.22. The minimum absolute atomic E-state index is 0.226. The van der Waals surface area contributed by atoms with E-state index in [1.165, 1.54) is 12.3 Å². The van der Waals surface area contributed by atoms with Gasteiger partial charge in [0.25, 0.3) is 0 Å². The number of likely N-dealkylation sites (N-methyl/N-ethyl adjacent to an activating group) is 1. The Morgan fingerprint density at radius 1 is 1.29 bits per heavy atom. The van der Waals surface area contributed by atoms with E-state index < -0.39 is 17.8 Å². The summed E-state index contributed by atoms with van der Waals surface area (Å²) < 4.78 is 45.4. The summed E-state index contributed by atoms with van der Waals surface area (Å²) in [6.07, 6.45) is -2.51. The summed E-state index contributed by atoms with van der Waals surface area (Å²) in [5, 5.41) is 3.09. The molecule has 0 saturated heterocycles. The number of rotatable bonds is 5. The third-order valence-corrected chi connectivity index (χ3v) is 3.63. The molecule has 2 nitrogen and oxygen atoms in total. The van der Waals surface area contributed by atoms with Crippen molar-refractivity contribution in [3.63, 3.8) is 0 Å². The first-order valence-electron chi connectivity index (χ1n) is 6.54. The van der Waals surface area contributed by atoms with E-state index in [9.17, 15) is 13.2 Å². The molecule has 1 atom stereocenters. The summed E-state index contributed by atoms with van der Waals surface area (Å²) in [6, 6.07) is 7.27. The minimum atomic E-state index is -4.39. The summed E-state index contributed by atoms with van der Waals surface area (Å²) in [5.74, 6) is 0.650. The van der Waals surface area contributed by atoms with Crippen molar-refractivity contribution in [1.82, 2.24) is 5.32 Å². The van der Waals surface area contributed by atoms with Gasteiger partial charge in [-0.1, -0.05) is 28.9 Å². The second kappa shape index (κ2) is 6.66. The smallest absolute Gasteiger partial charge is 0.416 e. The number of halogens is 4. The number of hydrogen-bond acceptors (Lipinski definition) is 2. The third-order valence-electron chi connectivity index (χ3n) is 3.13. The Morgan fingerprint density at radius 2 is 2.05 bits per heavy atom. The molecular weight excluding hydrogens is 347 g/mol. The molecule has 1 aromatic heterocycles. The fraction of sp³-hybridized carbons (Fsp3) is 0.333. The minimum Gasteiger partial charge on any atom is -0.469 e. The van der Waals surface area contributed by atoms with Crippen molar-refractivity contribution in [2.45, 2.75) is 25.6 Å². The first-order valence-corrected chi connectivity index (χ1v) is 7.33. The van der Waals surface area contributed by atoms with Crippen molar-refractivity contribution >= 4 is 15.9 Å². The topological polar surface area (TPSA) is 25.2 Å². The van der Waals surface area contributed by atoms with Crippen LogP contribution in [0.3, 0.4) is 0 Å². The molecule has 0 aliphatic heterocycles. The van der Waals surface area contributed by atoms with Gasteiger partial charge in [-0.2, -0.15) is 13.2 Å². The second-order valence-electron chi connectivity index (χ2n) is 4.62. The van der Waals surface area contributed by atoms with Gasteiger partial charge >= 0.3 is 6.18 Å². The normalized spacial score (nSPS) is 13.4. The van der Waals surface area contributed by atoms with Gasteiger partial charge < -0.3 is 9.73 Å². The molecule has 21 heavy (non-hydrogen) atoms. The molecule has 6 heteroatoms. The Balaban J connectivity index is 2.40. The van der Waals surface area contributed by atoms with Gasteiger partial charge in [-0.25, -0.2) is 0 Å². The van der Waals surface area contributed by atoms with Crippen molar-refractivity contribution in [1.29, 1.82) is 0 Å². The predicted molar refractivity (Wildman–Crippen MR) is 78.0 cm³/mol. The van der Waals surface area contributed by atoms with E-state index in [0.717, 1.165) is 6.07 Å². The molecule has 0 radical (unpaired) electrons. The van der Waals surface area contributed by atoms with Gasteiger partial charge in [0.05, 0.1) is 11.8 Å². The largest absolute Gasteiger partial charge is 0.469 e. The van der Waals surface area contributed by atoms with Gasteiger partial charge in [-0.15, -0.1) is 0 Å². The maximum absolute atomic E-state index is 13.2. The zero-order valence-corrected chi connectivity index (χ0v) is 13.0. The third kappa shape index (κ3) is 4.11. The number of hydrogen-bond donors (Lipinski definition) is 1. The van der Waals surface area contributed by atoms with Crippen LogP contribution in [0.1, 0.15) is 29.9 Å². The molecule has 0 aliphatic rings. The van der Waals surface area contributed by atoms with Crippen molar-refractivity contribution in [3.05, 3.63) is 58.0 Å². The monoisotopic (exact) mass is 361 g/mol. The molecule has 0 spiro atoms. The lowest BCUT2D eigenvalue weighted by molar-refractivity contribution is -0.138. The Morgan fingerprint density at radius 3 is 2.62 bits per heavy atom. The van der Waals surface area contributed by atoms with Crippen LogP contribution in [0.5, 0.6) is 0 Å². The fourth-order valence-electron chi connectivity index (χ4n) is 2.25. The Hall–Kier alpha value is -1.27. The molecule has 2 aromatic rings.